The summed E-state index contributed by atoms with van der Waals surface area (Å²) in [5, 5.41) is 0. The first-order valence-electron chi connectivity index (χ1n) is 7.13. The van der Waals surface area contributed by atoms with E-state index in [9.17, 15) is 8.42 Å². The Hall–Kier alpha value is -0.210. The second kappa shape index (κ2) is 6.99. The highest BCUT2D eigenvalue weighted by Crippen LogP contribution is 2.14. The molecule has 0 radical (unpaired) electrons. The number of hydrogen-bond donors (Lipinski definition) is 1. The van der Waals surface area contributed by atoms with Crippen LogP contribution in [0.2, 0.25) is 0 Å². The molecular formula is C12H25N3O3S. The van der Waals surface area contributed by atoms with Gasteiger partial charge in [0.2, 0.25) is 0 Å². The van der Waals surface area contributed by atoms with E-state index in [2.05, 4.69) is 16.5 Å². The normalized spacial score (nSPS) is 27.5. The number of piperidine rings is 1. The predicted molar refractivity (Wildman–Crippen MR) is 74.2 cm³/mol. The van der Waals surface area contributed by atoms with E-state index in [0.29, 0.717) is 32.8 Å². The fourth-order valence-electron chi connectivity index (χ4n) is 2.70. The lowest BCUT2D eigenvalue weighted by atomic mass is 10.0. The summed E-state index contributed by atoms with van der Waals surface area (Å²) in [6.45, 7) is 7.61. The van der Waals surface area contributed by atoms with Gasteiger partial charge in [-0.1, -0.05) is 6.92 Å². The van der Waals surface area contributed by atoms with Crippen molar-refractivity contribution in [3.05, 3.63) is 0 Å². The molecule has 0 bridgehead atoms. The van der Waals surface area contributed by atoms with Crippen LogP contribution in [0.5, 0.6) is 0 Å². The van der Waals surface area contributed by atoms with E-state index in [1.54, 1.807) is 0 Å². The summed E-state index contributed by atoms with van der Waals surface area (Å²) in [5.74, 6) is 0.726. The highest BCUT2D eigenvalue weighted by molar-refractivity contribution is 7.87. The van der Waals surface area contributed by atoms with Gasteiger partial charge >= 0.3 is 0 Å². The number of nitrogens with zero attached hydrogens (tertiary/aromatic N) is 2. The van der Waals surface area contributed by atoms with Crippen molar-refractivity contribution in [3.8, 4) is 0 Å². The Labute approximate surface area is 116 Å². The minimum absolute atomic E-state index is 0.454. The van der Waals surface area contributed by atoms with Crippen LogP contribution in [0.3, 0.4) is 0 Å². The van der Waals surface area contributed by atoms with Crippen molar-refractivity contribution in [2.45, 2.75) is 19.8 Å². The number of rotatable bonds is 5. The van der Waals surface area contributed by atoms with E-state index < -0.39 is 10.2 Å². The van der Waals surface area contributed by atoms with Crippen molar-refractivity contribution >= 4 is 10.2 Å². The molecule has 112 valence electrons. The number of hydrogen-bond acceptors (Lipinski definition) is 4. The van der Waals surface area contributed by atoms with Gasteiger partial charge in [0.1, 0.15) is 0 Å². The molecule has 0 aromatic carbocycles. The van der Waals surface area contributed by atoms with Crippen molar-refractivity contribution in [1.82, 2.24) is 13.9 Å². The van der Waals surface area contributed by atoms with Gasteiger partial charge in [0.15, 0.2) is 0 Å². The monoisotopic (exact) mass is 291 g/mol. The molecule has 19 heavy (non-hydrogen) atoms. The van der Waals surface area contributed by atoms with Crippen LogP contribution in [-0.4, -0.2) is 70.1 Å². The smallest absolute Gasteiger partial charge is 0.279 e. The quantitative estimate of drug-likeness (QED) is 0.767. The maximum Gasteiger partial charge on any atom is 0.279 e. The molecule has 2 rings (SSSR count). The zero-order chi connectivity index (χ0) is 13.7. The van der Waals surface area contributed by atoms with Crippen molar-refractivity contribution < 1.29 is 13.2 Å². The van der Waals surface area contributed by atoms with Crippen LogP contribution in [0.25, 0.3) is 0 Å². The van der Waals surface area contributed by atoms with E-state index in [1.807, 2.05) is 0 Å². The van der Waals surface area contributed by atoms with Crippen molar-refractivity contribution in [2.75, 3.05) is 52.5 Å². The Kier molecular flexibility index (Phi) is 5.58. The third kappa shape index (κ3) is 4.68. The molecule has 1 N–H and O–H groups in total. The minimum atomic E-state index is -3.32. The minimum Gasteiger partial charge on any atom is -0.379 e. The molecule has 0 spiro atoms. The van der Waals surface area contributed by atoms with Gasteiger partial charge in [-0.15, -0.1) is 0 Å². The van der Waals surface area contributed by atoms with E-state index in [1.165, 1.54) is 17.1 Å². The Balaban J connectivity index is 1.71. The maximum absolute atomic E-state index is 12.0. The summed E-state index contributed by atoms with van der Waals surface area (Å²) < 4.78 is 33.4. The summed E-state index contributed by atoms with van der Waals surface area (Å²) in [5.41, 5.74) is 0. The lowest BCUT2D eigenvalue weighted by molar-refractivity contribution is 0.0724. The summed E-state index contributed by atoms with van der Waals surface area (Å²) in [4.78, 5) is 2.34. The SMILES string of the molecule is C[C@@H]1CCCN(CCNS(=O)(=O)N2CCOCC2)C1. The van der Waals surface area contributed by atoms with Crippen LogP contribution in [-0.2, 0) is 14.9 Å². The summed E-state index contributed by atoms with van der Waals surface area (Å²) in [7, 11) is -3.32. The first kappa shape index (κ1) is 15.2. The summed E-state index contributed by atoms with van der Waals surface area (Å²) >= 11 is 0. The van der Waals surface area contributed by atoms with Gasteiger partial charge in [0, 0.05) is 32.7 Å². The standard InChI is InChI=1S/C12H25N3O3S/c1-12-3-2-5-14(11-12)6-4-13-19(16,17)15-7-9-18-10-8-15/h12-13H,2-11H2,1H3/t12-/m1/s1. The van der Waals surface area contributed by atoms with Crippen LogP contribution in [0, 0.1) is 5.92 Å². The highest BCUT2D eigenvalue weighted by atomic mass is 32.2. The van der Waals surface area contributed by atoms with E-state index in [4.69, 9.17) is 4.74 Å². The largest absolute Gasteiger partial charge is 0.379 e. The molecule has 2 fully saturated rings. The molecule has 2 aliphatic rings. The summed E-state index contributed by atoms with van der Waals surface area (Å²) in [6.07, 6.45) is 2.51. The third-order valence-corrected chi connectivity index (χ3v) is 5.38. The Morgan fingerprint density at radius 3 is 2.68 bits per heavy atom. The van der Waals surface area contributed by atoms with E-state index in [-0.39, 0.29) is 0 Å². The second-order valence-electron chi connectivity index (χ2n) is 5.46. The lowest BCUT2D eigenvalue weighted by Crippen LogP contribution is -2.48. The van der Waals surface area contributed by atoms with Crippen molar-refractivity contribution in [3.63, 3.8) is 0 Å². The molecule has 1 atom stereocenters. The van der Waals surface area contributed by atoms with Gasteiger partial charge in [0.25, 0.3) is 10.2 Å². The van der Waals surface area contributed by atoms with Crippen LogP contribution in [0.15, 0.2) is 0 Å². The van der Waals surface area contributed by atoms with E-state index >= 15 is 0 Å². The molecule has 0 aromatic rings. The van der Waals surface area contributed by atoms with Crippen LogP contribution < -0.4 is 4.72 Å². The molecule has 0 aromatic heterocycles. The zero-order valence-corrected chi connectivity index (χ0v) is 12.5. The molecule has 2 heterocycles. The third-order valence-electron chi connectivity index (χ3n) is 3.76. The molecule has 2 aliphatic heterocycles. The van der Waals surface area contributed by atoms with Crippen LogP contribution in [0.4, 0.5) is 0 Å². The number of likely N-dealkylation sites (tertiary alicyclic amines) is 1. The highest BCUT2D eigenvalue weighted by Gasteiger charge is 2.24. The molecule has 0 unspecified atom stereocenters. The van der Waals surface area contributed by atoms with Crippen LogP contribution in [0.1, 0.15) is 19.8 Å². The number of nitrogens with one attached hydrogen (secondary N) is 1. The average Bonchev–Trinajstić information content (AvgIpc) is 2.40. The molecule has 7 heteroatoms. The fraction of sp³-hybridized carbons (Fsp3) is 1.00. The van der Waals surface area contributed by atoms with Crippen molar-refractivity contribution in [2.24, 2.45) is 5.92 Å². The zero-order valence-electron chi connectivity index (χ0n) is 11.7. The second-order valence-corrected chi connectivity index (χ2v) is 7.21. The number of ether oxygens (including phenoxy) is 1. The first-order valence-corrected chi connectivity index (χ1v) is 8.57. The van der Waals surface area contributed by atoms with Gasteiger partial charge in [-0.2, -0.15) is 12.7 Å². The van der Waals surface area contributed by atoms with Gasteiger partial charge in [0.05, 0.1) is 13.2 Å². The predicted octanol–water partition coefficient (Wildman–Crippen LogP) is -0.115. The maximum atomic E-state index is 12.0. The number of morpholine rings is 1. The molecule has 0 saturated carbocycles. The first-order chi connectivity index (χ1) is 9.08. The molecule has 0 amide bonds. The molecule has 2 saturated heterocycles. The van der Waals surface area contributed by atoms with Gasteiger partial charge in [-0.25, -0.2) is 4.72 Å². The molecular weight excluding hydrogens is 266 g/mol. The average molecular weight is 291 g/mol. The van der Waals surface area contributed by atoms with Gasteiger partial charge in [-0.3, -0.25) is 0 Å². The summed E-state index contributed by atoms with van der Waals surface area (Å²) in [6, 6.07) is 0. The van der Waals surface area contributed by atoms with Crippen LogP contribution >= 0.6 is 0 Å². The molecule has 0 aliphatic carbocycles. The van der Waals surface area contributed by atoms with Gasteiger partial charge in [-0.05, 0) is 25.3 Å². The van der Waals surface area contributed by atoms with Gasteiger partial charge < -0.3 is 9.64 Å². The Bertz CT molecular complexity index is 368. The molecule has 6 nitrogen and oxygen atoms in total. The fourth-order valence-corrected chi connectivity index (χ4v) is 3.86. The van der Waals surface area contributed by atoms with Crippen molar-refractivity contribution in [1.29, 1.82) is 0 Å². The topological polar surface area (TPSA) is 61.9 Å². The van der Waals surface area contributed by atoms with E-state index in [0.717, 1.165) is 25.6 Å². The Morgan fingerprint density at radius 1 is 1.26 bits per heavy atom. The Morgan fingerprint density at radius 2 is 2.00 bits per heavy atom. The lowest BCUT2D eigenvalue weighted by Gasteiger charge is -2.31.